The van der Waals surface area contributed by atoms with Crippen molar-refractivity contribution in [1.29, 1.82) is 0 Å². The van der Waals surface area contributed by atoms with E-state index in [9.17, 15) is 4.79 Å². The number of nitrogens with zero attached hydrogens (tertiary/aromatic N) is 1. The van der Waals surface area contributed by atoms with E-state index in [-0.39, 0.29) is 11.9 Å². The van der Waals surface area contributed by atoms with Gasteiger partial charge in [-0.1, -0.05) is 22.9 Å². The highest BCUT2D eigenvalue weighted by Gasteiger charge is 2.30. The lowest BCUT2D eigenvalue weighted by atomic mass is 10.0. The first-order chi connectivity index (χ1) is 9.67. The van der Waals surface area contributed by atoms with Crippen LogP contribution in [0.4, 0.5) is 5.69 Å². The van der Waals surface area contributed by atoms with Gasteiger partial charge in [-0.2, -0.15) is 0 Å². The maximum Gasteiger partial charge on any atom is 0.244 e. The number of anilines is 1. The monoisotopic (exact) mass is 340 g/mol. The van der Waals surface area contributed by atoms with E-state index >= 15 is 0 Å². The van der Waals surface area contributed by atoms with Crippen molar-refractivity contribution >= 4 is 27.5 Å². The Morgan fingerprint density at radius 2 is 2.30 bits per heavy atom. The quantitative estimate of drug-likeness (QED) is 0.895. The number of hydrogen-bond donors (Lipinski definition) is 1. The highest BCUT2D eigenvalue weighted by molar-refractivity contribution is 9.10. The lowest BCUT2D eigenvalue weighted by Gasteiger charge is -2.33. The Balaban J connectivity index is 2.23. The van der Waals surface area contributed by atoms with Crippen molar-refractivity contribution in [2.24, 2.45) is 0 Å². The molecule has 0 saturated carbocycles. The van der Waals surface area contributed by atoms with Gasteiger partial charge < -0.3 is 15.0 Å². The standard InChI is InChI=1S/C15H21BrN2O2/c1-3-8-17-12-5-4-9-18(15(12)19)13-10-11(16)6-7-14(13)20-2/h6-7,10,12,17H,3-5,8-9H2,1-2H3. The number of carbonyl (C=O) groups is 1. The van der Waals surface area contributed by atoms with Crippen molar-refractivity contribution in [3.05, 3.63) is 22.7 Å². The molecule has 1 atom stereocenters. The third-order valence-electron chi connectivity index (χ3n) is 3.51. The van der Waals surface area contributed by atoms with E-state index in [1.54, 1.807) is 7.11 Å². The molecular formula is C15H21BrN2O2. The molecule has 1 aromatic carbocycles. The van der Waals surface area contributed by atoms with Crippen LogP contribution in [0.15, 0.2) is 22.7 Å². The molecule has 0 aliphatic carbocycles. The summed E-state index contributed by atoms with van der Waals surface area (Å²) in [6.07, 6.45) is 2.94. The van der Waals surface area contributed by atoms with Gasteiger partial charge in [0.15, 0.2) is 0 Å². The number of piperidine rings is 1. The average Bonchev–Trinajstić information content (AvgIpc) is 2.46. The molecule has 0 spiro atoms. The van der Waals surface area contributed by atoms with Crippen molar-refractivity contribution in [3.63, 3.8) is 0 Å². The Bertz CT molecular complexity index is 479. The first-order valence-electron chi connectivity index (χ1n) is 7.05. The van der Waals surface area contributed by atoms with Gasteiger partial charge >= 0.3 is 0 Å². The normalized spacial score (nSPS) is 19.2. The van der Waals surface area contributed by atoms with Crippen LogP contribution in [0.25, 0.3) is 0 Å². The molecule has 20 heavy (non-hydrogen) atoms. The largest absolute Gasteiger partial charge is 0.495 e. The molecule has 4 nitrogen and oxygen atoms in total. The molecule has 2 rings (SSSR count). The van der Waals surface area contributed by atoms with E-state index < -0.39 is 0 Å². The van der Waals surface area contributed by atoms with Crippen molar-refractivity contribution in [2.45, 2.75) is 32.2 Å². The number of amides is 1. The van der Waals surface area contributed by atoms with Crippen molar-refractivity contribution in [2.75, 3.05) is 25.1 Å². The lowest BCUT2D eigenvalue weighted by molar-refractivity contribution is -0.121. The average molecular weight is 341 g/mol. The Hall–Kier alpha value is -1.07. The zero-order valence-corrected chi connectivity index (χ0v) is 13.6. The van der Waals surface area contributed by atoms with Crippen LogP contribution in [-0.2, 0) is 4.79 Å². The molecule has 1 aliphatic heterocycles. The second-order valence-corrected chi connectivity index (χ2v) is 5.87. The Morgan fingerprint density at radius 1 is 1.50 bits per heavy atom. The van der Waals surface area contributed by atoms with Gasteiger partial charge in [-0.3, -0.25) is 4.79 Å². The van der Waals surface area contributed by atoms with Crippen LogP contribution in [0, 0.1) is 0 Å². The molecule has 1 unspecified atom stereocenters. The molecule has 1 fully saturated rings. The molecule has 0 bridgehead atoms. The van der Waals surface area contributed by atoms with E-state index in [0.29, 0.717) is 0 Å². The van der Waals surface area contributed by atoms with Crippen LogP contribution in [0.1, 0.15) is 26.2 Å². The first kappa shape index (κ1) is 15.3. The number of carbonyl (C=O) groups excluding carboxylic acids is 1. The second kappa shape index (κ2) is 7.09. The molecule has 1 aliphatic rings. The number of benzene rings is 1. The fourth-order valence-corrected chi connectivity index (χ4v) is 2.85. The van der Waals surface area contributed by atoms with Gasteiger partial charge in [0.05, 0.1) is 18.8 Å². The number of methoxy groups -OCH3 is 1. The summed E-state index contributed by atoms with van der Waals surface area (Å²) in [4.78, 5) is 14.4. The number of hydrogen-bond acceptors (Lipinski definition) is 3. The van der Waals surface area contributed by atoms with Crippen molar-refractivity contribution in [3.8, 4) is 5.75 Å². The van der Waals surface area contributed by atoms with Gasteiger partial charge in [-0.05, 0) is 44.0 Å². The summed E-state index contributed by atoms with van der Waals surface area (Å²) in [5.74, 6) is 0.874. The molecular weight excluding hydrogens is 320 g/mol. The molecule has 1 N–H and O–H groups in total. The van der Waals surface area contributed by atoms with Crippen LogP contribution < -0.4 is 15.0 Å². The number of halogens is 1. The van der Waals surface area contributed by atoms with E-state index in [4.69, 9.17) is 4.74 Å². The third kappa shape index (κ3) is 3.33. The fraction of sp³-hybridized carbons (Fsp3) is 0.533. The molecule has 1 aromatic rings. The van der Waals surface area contributed by atoms with Crippen molar-refractivity contribution in [1.82, 2.24) is 5.32 Å². The van der Waals surface area contributed by atoms with Crippen LogP contribution in [0.5, 0.6) is 5.75 Å². The molecule has 0 aromatic heterocycles. The Kier molecular flexibility index (Phi) is 5.43. The fourth-order valence-electron chi connectivity index (χ4n) is 2.50. The molecule has 1 amide bonds. The van der Waals surface area contributed by atoms with Gasteiger partial charge in [-0.15, -0.1) is 0 Å². The summed E-state index contributed by atoms with van der Waals surface area (Å²) in [5.41, 5.74) is 0.842. The van der Waals surface area contributed by atoms with Crippen LogP contribution in [0.2, 0.25) is 0 Å². The predicted octanol–water partition coefficient (Wildman–Crippen LogP) is 2.95. The minimum atomic E-state index is -0.0765. The maximum absolute atomic E-state index is 12.6. The predicted molar refractivity (Wildman–Crippen MR) is 84.4 cm³/mol. The highest BCUT2D eigenvalue weighted by atomic mass is 79.9. The van der Waals surface area contributed by atoms with Crippen molar-refractivity contribution < 1.29 is 9.53 Å². The van der Waals surface area contributed by atoms with Gasteiger partial charge in [-0.25, -0.2) is 0 Å². The Morgan fingerprint density at radius 3 is 3.00 bits per heavy atom. The summed E-state index contributed by atoms with van der Waals surface area (Å²) in [7, 11) is 1.63. The minimum absolute atomic E-state index is 0.0765. The minimum Gasteiger partial charge on any atom is -0.495 e. The van der Waals surface area contributed by atoms with Crippen LogP contribution >= 0.6 is 15.9 Å². The number of ether oxygens (including phenoxy) is 1. The number of rotatable bonds is 5. The van der Waals surface area contributed by atoms with E-state index in [0.717, 1.165) is 48.3 Å². The first-order valence-corrected chi connectivity index (χ1v) is 7.85. The highest BCUT2D eigenvalue weighted by Crippen LogP contribution is 2.33. The van der Waals surface area contributed by atoms with Crippen LogP contribution in [-0.4, -0.2) is 32.1 Å². The zero-order chi connectivity index (χ0) is 14.5. The smallest absolute Gasteiger partial charge is 0.244 e. The second-order valence-electron chi connectivity index (χ2n) is 4.95. The van der Waals surface area contributed by atoms with E-state index in [1.165, 1.54) is 0 Å². The molecule has 1 heterocycles. The maximum atomic E-state index is 12.6. The summed E-state index contributed by atoms with van der Waals surface area (Å²) in [6.45, 7) is 3.73. The van der Waals surface area contributed by atoms with E-state index in [2.05, 4.69) is 28.2 Å². The number of nitrogens with one attached hydrogen (secondary N) is 1. The zero-order valence-electron chi connectivity index (χ0n) is 12.0. The molecule has 1 saturated heterocycles. The summed E-state index contributed by atoms with van der Waals surface area (Å²) in [6, 6.07) is 5.67. The lowest BCUT2D eigenvalue weighted by Crippen LogP contribution is -2.51. The Labute approximate surface area is 128 Å². The SMILES string of the molecule is CCCNC1CCCN(c2cc(Br)ccc2OC)C1=O. The van der Waals surface area contributed by atoms with Gasteiger partial charge in [0, 0.05) is 11.0 Å². The molecule has 5 heteroatoms. The molecule has 0 radical (unpaired) electrons. The van der Waals surface area contributed by atoms with Gasteiger partial charge in [0.1, 0.15) is 5.75 Å². The summed E-state index contributed by atoms with van der Waals surface area (Å²) >= 11 is 3.46. The van der Waals surface area contributed by atoms with E-state index in [1.807, 2.05) is 23.1 Å². The van der Waals surface area contributed by atoms with Gasteiger partial charge in [0.2, 0.25) is 5.91 Å². The third-order valence-corrected chi connectivity index (χ3v) is 4.00. The summed E-state index contributed by atoms with van der Waals surface area (Å²) in [5, 5.41) is 3.33. The molecule has 110 valence electrons. The van der Waals surface area contributed by atoms with Gasteiger partial charge in [0.25, 0.3) is 0 Å². The van der Waals surface area contributed by atoms with Crippen LogP contribution in [0.3, 0.4) is 0 Å². The summed E-state index contributed by atoms with van der Waals surface area (Å²) < 4.78 is 6.33. The topological polar surface area (TPSA) is 41.6 Å².